The number of carboxylic acid groups (broad SMARTS) is 1. The average Bonchev–Trinajstić information content (AvgIpc) is 2.08. The highest BCUT2D eigenvalue weighted by molar-refractivity contribution is 6.31. The zero-order chi connectivity index (χ0) is 10.6. The minimum atomic E-state index is -0.756. The number of rotatable bonds is 4. The van der Waals surface area contributed by atoms with Crippen molar-refractivity contribution in [1.29, 1.82) is 0 Å². The Hall–Kier alpha value is -1.02. The first-order valence-electron chi connectivity index (χ1n) is 4.56. The number of halogens is 1. The molecule has 1 N–H and O–H groups in total. The zero-order valence-corrected chi connectivity index (χ0v) is 8.84. The summed E-state index contributed by atoms with van der Waals surface area (Å²) in [6.07, 6.45) is 1.56. The van der Waals surface area contributed by atoms with Gasteiger partial charge in [0.2, 0.25) is 0 Å². The maximum absolute atomic E-state index is 10.3. The number of benzene rings is 1. The molecule has 0 radical (unpaired) electrons. The van der Waals surface area contributed by atoms with E-state index in [9.17, 15) is 4.79 Å². The summed E-state index contributed by atoms with van der Waals surface area (Å²) in [6, 6.07) is 5.85. The van der Waals surface area contributed by atoms with Crippen molar-refractivity contribution in [2.45, 2.75) is 26.2 Å². The van der Waals surface area contributed by atoms with Crippen LogP contribution in [0, 0.1) is 6.92 Å². The summed E-state index contributed by atoms with van der Waals surface area (Å²) in [4.78, 5) is 10.3. The van der Waals surface area contributed by atoms with E-state index in [0.29, 0.717) is 6.42 Å². The van der Waals surface area contributed by atoms with E-state index in [-0.39, 0.29) is 6.42 Å². The first-order chi connectivity index (χ1) is 6.59. The number of aryl methyl sites for hydroxylation is 2. The average molecular weight is 213 g/mol. The summed E-state index contributed by atoms with van der Waals surface area (Å²) >= 11 is 6.00. The Morgan fingerprint density at radius 2 is 2.21 bits per heavy atom. The van der Waals surface area contributed by atoms with Crippen molar-refractivity contribution in [3.63, 3.8) is 0 Å². The topological polar surface area (TPSA) is 37.3 Å². The lowest BCUT2D eigenvalue weighted by Crippen LogP contribution is -1.96. The molecule has 0 aliphatic carbocycles. The molecule has 1 aromatic carbocycles. The molecule has 0 aromatic heterocycles. The third-order valence-corrected chi connectivity index (χ3v) is 2.40. The van der Waals surface area contributed by atoms with Gasteiger partial charge in [-0.25, -0.2) is 0 Å². The van der Waals surface area contributed by atoms with E-state index >= 15 is 0 Å². The van der Waals surface area contributed by atoms with Crippen LogP contribution in [0.5, 0.6) is 0 Å². The second-order valence-corrected chi connectivity index (χ2v) is 3.75. The first-order valence-corrected chi connectivity index (χ1v) is 4.94. The molecule has 1 rings (SSSR count). The summed E-state index contributed by atoms with van der Waals surface area (Å²) in [5.41, 5.74) is 2.15. The molecule has 76 valence electrons. The summed E-state index contributed by atoms with van der Waals surface area (Å²) in [5, 5.41) is 9.20. The normalized spacial score (nSPS) is 10.1. The van der Waals surface area contributed by atoms with E-state index in [0.717, 1.165) is 22.6 Å². The number of hydrogen-bond donors (Lipinski definition) is 1. The number of aliphatic carboxylic acids is 1. The maximum atomic E-state index is 10.3. The molecular formula is C11H13ClO2. The Morgan fingerprint density at radius 3 is 2.79 bits per heavy atom. The van der Waals surface area contributed by atoms with Gasteiger partial charge in [0, 0.05) is 11.4 Å². The SMILES string of the molecule is Cc1ccc(CCCC(=O)O)c(Cl)c1. The molecule has 0 aliphatic heterocycles. The fourth-order valence-electron chi connectivity index (χ4n) is 1.29. The van der Waals surface area contributed by atoms with Crippen LogP contribution in [0.4, 0.5) is 0 Å². The molecule has 1 aromatic rings. The fraction of sp³-hybridized carbons (Fsp3) is 0.364. The summed E-state index contributed by atoms with van der Waals surface area (Å²) in [6.45, 7) is 1.98. The predicted octanol–water partition coefficient (Wildman–Crippen LogP) is 3.06. The van der Waals surface area contributed by atoms with Gasteiger partial charge >= 0.3 is 5.97 Å². The molecule has 0 heterocycles. The molecule has 2 nitrogen and oxygen atoms in total. The van der Waals surface area contributed by atoms with Crippen LogP contribution in [-0.4, -0.2) is 11.1 Å². The molecule has 0 bridgehead atoms. The molecule has 0 spiro atoms. The van der Waals surface area contributed by atoms with Crippen molar-refractivity contribution in [3.05, 3.63) is 34.3 Å². The third-order valence-electron chi connectivity index (χ3n) is 2.05. The van der Waals surface area contributed by atoms with Crippen molar-refractivity contribution in [2.24, 2.45) is 0 Å². The molecule has 0 amide bonds. The quantitative estimate of drug-likeness (QED) is 0.833. The van der Waals surface area contributed by atoms with E-state index in [4.69, 9.17) is 16.7 Å². The lowest BCUT2D eigenvalue weighted by molar-refractivity contribution is -0.137. The van der Waals surface area contributed by atoms with E-state index in [1.165, 1.54) is 0 Å². The van der Waals surface area contributed by atoms with Crippen LogP contribution in [0.15, 0.2) is 18.2 Å². The summed E-state index contributed by atoms with van der Waals surface area (Å²) in [7, 11) is 0. The van der Waals surface area contributed by atoms with Gasteiger partial charge in [-0.1, -0.05) is 23.7 Å². The van der Waals surface area contributed by atoms with E-state index in [1.807, 2.05) is 25.1 Å². The summed E-state index contributed by atoms with van der Waals surface area (Å²) in [5.74, 6) is -0.756. The van der Waals surface area contributed by atoms with Crippen molar-refractivity contribution in [1.82, 2.24) is 0 Å². The molecule has 0 aliphatic rings. The lowest BCUT2D eigenvalue weighted by atomic mass is 10.1. The highest BCUT2D eigenvalue weighted by atomic mass is 35.5. The second-order valence-electron chi connectivity index (χ2n) is 3.34. The van der Waals surface area contributed by atoms with E-state index in [1.54, 1.807) is 0 Å². The van der Waals surface area contributed by atoms with Crippen LogP contribution in [0.25, 0.3) is 0 Å². The Labute approximate surface area is 88.5 Å². The van der Waals surface area contributed by atoms with Crippen LogP contribution in [0.2, 0.25) is 5.02 Å². The van der Waals surface area contributed by atoms with Crippen LogP contribution in [0.3, 0.4) is 0 Å². The Morgan fingerprint density at radius 1 is 1.50 bits per heavy atom. The van der Waals surface area contributed by atoms with Crippen molar-refractivity contribution < 1.29 is 9.90 Å². The van der Waals surface area contributed by atoms with Crippen LogP contribution >= 0.6 is 11.6 Å². The smallest absolute Gasteiger partial charge is 0.303 e. The largest absolute Gasteiger partial charge is 0.481 e. The minimum Gasteiger partial charge on any atom is -0.481 e. The molecule has 0 atom stereocenters. The molecule has 3 heteroatoms. The van der Waals surface area contributed by atoms with Gasteiger partial charge in [-0.15, -0.1) is 0 Å². The summed E-state index contributed by atoms with van der Waals surface area (Å²) < 4.78 is 0. The van der Waals surface area contributed by atoms with Crippen molar-refractivity contribution >= 4 is 17.6 Å². The Balaban J connectivity index is 2.55. The van der Waals surface area contributed by atoms with E-state index in [2.05, 4.69) is 0 Å². The molecule has 0 saturated heterocycles. The van der Waals surface area contributed by atoms with Crippen LogP contribution in [-0.2, 0) is 11.2 Å². The molecule has 0 fully saturated rings. The van der Waals surface area contributed by atoms with Gasteiger partial charge < -0.3 is 5.11 Å². The fourth-order valence-corrected chi connectivity index (χ4v) is 1.61. The van der Waals surface area contributed by atoms with Crippen LogP contribution < -0.4 is 0 Å². The van der Waals surface area contributed by atoms with Gasteiger partial charge in [0.1, 0.15) is 0 Å². The lowest BCUT2D eigenvalue weighted by Gasteiger charge is -2.03. The standard InChI is InChI=1S/C11H13ClO2/c1-8-5-6-9(10(12)7-8)3-2-4-11(13)14/h5-7H,2-4H2,1H3,(H,13,14). The van der Waals surface area contributed by atoms with Gasteiger partial charge in [0.25, 0.3) is 0 Å². The number of carboxylic acids is 1. The molecule has 0 saturated carbocycles. The predicted molar refractivity (Wildman–Crippen MR) is 56.8 cm³/mol. The van der Waals surface area contributed by atoms with Gasteiger partial charge in [-0.3, -0.25) is 4.79 Å². The Kier molecular flexibility index (Phi) is 3.96. The van der Waals surface area contributed by atoms with Gasteiger partial charge in [0.15, 0.2) is 0 Å². The van der Waals surface area contributed by atoms with Crippen molar-refractivity contribution in [3.8, 4) is 0 Å². The van der Waals surface area contributed by atoms with Gasteiger partial charge in [-0.2, -0.15) is 0 Å². The number of carbonyl (C=O) groups is 1. The minimum absolute atomic E-state index is 0.199. The Bertz CT molecular complexity index is 334. The van der Waals surface area contributed by atoms with Crippen molar-refractivity contribution in [2.75, 3.05) is 0 Å². The maximum Gasteiger partial charge on any atom is 0.303 e. The van der Waals surface area contributed by atoms with E-state index < -0.39 is 5.97 Å². The number of hydrogen-bond acceptors (Lipinski definition) is 1. The highest BCUT2D eigenvalue weighted by Crippen LogP contribution is 2.19. The third kappa shape index (κ3) is 3.38. The monoisotopic (exact) mass is 212 g/mol. The second kappa shape index (κ2) is 5.01. The van der Waals surface area contributed by atoms with Gasteiger partial charge in [-0.05, 0) is 37.0 Å². The van der Waals surface area contributed by atoms with Crippen LogP contribution in [0.1, 0.15) is 24.0 Å². The molecule has 14 heavy (non-hydrogen) atoms. The molecular weight excluding hydrogens is 200 g/mol. The zero-order valence-electron chi connectivity index (χ0n) is 8.09. The first kappa shape index (κ1) is 11.1. The van der Waals surface area contributed by atoms with Gasteiger partial charge in [0.05, 0.1) is 0 Å². The highest BCUT2D eigenvalue weighted by Gasteiger charge is 2.02. The molecule has 0 unspecified atom stereocenters.